The number of ketones is 1. The molecule has 1 aliphatic carbocycles. The molecule has 1 fully saturated rings. The average molecular weight is 260 g/mol. The average Bonchev–Trinajstić information content (AvgIpc) is 3.27. The van der Waals surface area contributed by atoms with Crippen molar-refractivity contribution in [2.24, 2.45) is 5.92 Å². The van der Waals surface area contributed by atoms with Crippen LogP contribution >= 0.6 is 0 Å². The lowest BCUT2D eigenvalue weighted by atomic mass is 10.1. The highest BCUT2D eigenvalue weighted by molar-refractivity contribution is 5.96. The van der Waals surface area contributed by atoms with Crippen LogP contribution in [0.25, 0.3) is 6.08 Å². The molecule has 0 aliphatic heterocycles. The minimum atomic E-state index is 0.238. The van der Waals surface area contributed by atoms with Crippen molar-refractivity contribution in [2.45, 2.75) is 26.4 Å². The van der Waals surface area contributed by atoms with E-state index in [1.165, 1.54) is 0 Å². The summed E-state index contributed by atoms with van der Waals surface area (Å²) < 4.78 is 10.7. The number of benzene rings is 1. The maximum absolute atomic E-state index is 11.6. The van der Waals surface area contributed by atoms with Gasteiger partial charge in [0.15, 0.2) is 5.78 Å². The first-order valence-corrected chi connectivity index (χ1v) is 6.71. The highest BCUT2D eigenvalue weighted by Gasteiger charge is 2.27. The van der Waals surface area contributed by atoms with Crippen LogP contribution in [0.2, 0.25) is 0 Å². The summed E-state index contributed by atoms with van der Waals surface area (Å²) in [5.74, 6) is 1.33. The number of rotatable bonds is 7. The fraction of sp³-hybridized carbons (Fsp3) is 0.438. The molecule has 0 aromatic heterocycles. The van der Waals surface area contributed by atoms with E-state index in [4.69, 9.17) is 9.47 Å². The van der Waals surface area contributed by atoms with Crippen LogP contribution in [0.5, 0.6) is 5.75 Å². The van der Waals surface area contributed by atoms with Crippen LogP contribution in [0.15, 0.2) is 24.3 Å². The molecule has 0 N–H and O–H groups in total. The Labute approximate surface area is 114 Å². The summed E-state index contributed by atoms with van der Waals surface area (Å²) >= 11 is 0. The number of hydrogen-bond acceptors (Lipinski definition) is 3. The minimum Gasteiger partial charge on any atom is -0.496 e. The molecule has 1 aromatic rings. The van der Waals surface area contributed by atoms with Gasteiger partial charge in [-0.15, -0.1) is 0 Å². The zero-order chi connectivity index (χ0) is 13.7. The predicted octanol–water partition coefficient (Wildman–Crippen LogP) is 3.22. The monoisotopic (exact) mass is 260 g/mol. The normalized spacial score (nSPS) is 14.8. The van der Waals surface area contributed by atoms with Crippen LogP contribution in [0.1, 0.15) is 30.9 Å². The van der Waals surface area contributed by atoms with E-state index < -0.39 is 0 Å². The number of hydrogen-bond donors (Lipinski definition) is 0. The fourth-order valence-electron chi connectivity index (χ4n) is 1.91. The molecule has 0 saturated heterocycles. The Balaban J connectivity index is 2.09. The van der Waals surface area contributed by atoms with Crippen LogP contribution in [-0.4, -0.2) is 19.5 Å². The lowest BCUT2D eigenvalue weighted by Crippen LogP contribution is -1.97. The standard InChI is InChI=1S/C16H20O3/c1-3-19-11-14-10-12(5-9-16(14)18-2)4-8-15(17)13-6-7-13/h4-5,8-10,13H,3,6-7,11H2,1-2H3/b8-4+. The van der Waals surface area contributed by atoms with Crippen molar-refractivity contribution in [3.8, 4) is 5.75 Å². The van der Waals surface area contributed by atoms with Crippen LogP contribution in [0, 0.1) is 5.92 Å². The Morgan fingerprint density at radius 2 is 2.21 bits per heavy atom. The van der Waals surface area contributed by atoms with Gasteiger partial charge in [-0.1, -0.05) is 12.1 Å². The number of carbonyl (C=O) groups excluding carboxylic acids is 1. The highest BCUT2D eigenvalue weighted by atomic mass is 16.5. The highest BCUT2D eigenvalue weighted by Crippen LogP contribution is 2.30. The van der Waals surface area contributed by atoms with Gasteiger partial charge in [0, 0.05) is 18.1 Å². The molecule has 0 radical (unpaired) electrons. The predicted molar refractivity (Wildman–Crippen MR) is 75.1 cm³/mol. The van der Waals surface area contributed by atoms with Crippen LogP contribution in [0.3, 0.4) is 0 Å². The van der Waals surface area contributed by atoms with Gasteiger partial charge in [-0.3, -0.25) is 4.79 Å². The third-order valence-corrected chi connectivity index (χ3v) is 3.19. The van der Waals surface area contributed by atoms with Gasteiger partial charge in [0.2, 0.25) is 0 Å². The Kier molecular flexibility index (Phi) is 4.74. The second kappa shape index (κ2) is 6.53. The molecule has 0 spiro atoms. The molecule has 0 atom stereocenters. The Bertz CT molecular complexity index is 473. The van der Waals surface area contributed by atoms with Gasteiger partial charge in [0.1, 0.15) is 5.75 Å². The van der Waals surface area contributed by atoms with Crippen LogP contribution < -0.4 is 4.74 Å². The number of allylic oxidation sites excluding steroid dienone is 1. The first-order chi connectivity index (χ1) is 9.24. The van der Waals surface area contributed by atoms with Gasteiger partial charge in [0.05, 0.1) is 13.7 Å². The van der Waals surface area contributed by atoms with E-state index in [0.29, 0.717) is 13.2 Å². The Morgan fingerprint density at radius 1 is 1.42 bits per heavy atom. The smallest absolute Gasteiger partial charge is 0.158 e. The van der Waals surface area contributed by atoms with Crippen molar-refractivity contribution in [3.05, 3.63) is 35.4 Å². The van der Waals surface area contributed by atoms with Crippen molar-refractivity contribution in [3.63, 3.8) is 0 Å². The van der Waals surface area contributed by atoms with Crippen molar-refractivity contribution >= 4 is 11.9 Å². The summed E-state index contributed by atoms with van der Waals surface area (Å²) in [6.45, 7) is 3.16. The van der Waals surface area contributed by atoms with Gasteiger partial charge in [-0.2, -0.15) is 0 Å². The molecule has 0 heterocycles. The maximum Gasteiger partial charge on any atom is 0.158 e. The third kappa shape index (κ3) is 3.93. The molecule has 1 saturated carbocycles. The van der Waals surface area contributed by atoms with E-state index in [1.54, 1.807) is 13.2 Å². The summed E-state index contributed by atoms with van der Waals surface area (Å²) in [5.41, 5.74) is 2.01. The van der Waals surface area contributed by atoms with Crippen molar-refractivity contribution in [2.75, 3.05) is 13.7 Å². The zero-order valence-electron chi connectivity index (χ0n) is 11.5. The molecule has 1 aromatic carbocycles. The molecular formula is C16H20O3. The number of ether oxygens (including phenoxy) is 2. The molecular weight excluding hydrogens is 240 g/mol. The second-order valence-electron chi connectivity index (χ2n) is 4.72. The van der Waals surface area contributed by atoms with Crippen molar-refractivity contribution in [1.82, 2.24) is 0 Å². The molecule has 19 heavy (non-hydrogen) atoms. The summed E-state index contributed by atoms with van der Waals surface area (Å²) in [7, 11) is 1.65. The summed E-state index contributed by atoms with van der Waals surface area (Å²) in [6, 6.07) is 5.87. The van der Waals surface area contributed by atoms with Gasteiger partial charge >= 0.3 is 0 Å². The van der Waals surface area contributed by atoms with Gasteiger partial charge < -0.3 is 9.47 Å². The fourth-order valence-corrected chi connectivity index (χ4v) is 1.91. The molecule has 3 heteroatoms. The SMILES string of the molecule is CCOCc1cc(/C=C/C(=O)C2CC2)ccc1OC. The lowest BCUT2D eigenvalue weighted by molar-refractivity contribution is -0.115. The quantitative estimate of drug-likeness (QED) is 0.706. The molecule has 0 amide bonds. The van der Waals surface area contributed by atoms with Gasteiger partial charge in [-0.05, 0) is 43.5 Å². The number of methoxy groups -OCH3 is 1. The van der Waals surface area contributed by atoms with Gasteiger partial charge in [-0.25, -0.2) is 0 Å². The first kappa shape index (κ1) is 13.8. The second-order valence-corrected chi connectivity index (χ2v) is 4.72. The summed E-state index contributed by atoms with van der Waals surface area (Å²) in [6.07, 6.45) is 5.64. The molecule has 2 rings (SSSR count). The molecule has 3 nitrogen and oxygen atoms in total. The third-order valence-electron chi connectivity index (χ3n) is 3.19. The largest absolute Gasteiger partial charge is 0.496 e. The summed E-state index contributed by atoms with van der Waals surface area (Å²) in [4.78, 5) is 11.6. The molecule has 102 valence electrons. The Morgan fingerprint density at radius 3 is 2.84 bits per heavy atom. The van der Waals surface area contributed by atoms with E-state index in [9.17, 15) is 4.79 Å². The van der Waals surface area contributed by atoms with Crippen LogP contribution in [0.4, 0.5) is 0 Å². The van der Waals surface area contributed by atoms with E-state index in [0.717, 1.165) is 29.7 Å². The van der Waals surface area contributed by atoms with E-state index in [1.807, 2.05) is 31.2 Å². The van der Waals surface area contributed by atoms with Gasteiger partial charge in [0.25, 0.3) is 0 Å². The van der Waals surface area contributed by atoms with E-state index in [2.05, 4.69) is 0 Å². The molecule has 1 aliphatic rings. The topological polar surface area (TPSA) is 35.5 Å². The van der Waals surface area contributed by atoms with E-state index in [-0.39, 0.29) is 11.7 Å². The lowest BCUT2D eigenvalue weighted by Gasteiger charge is -2.09. The molecule has 0 unspecified atom stereocenters. The minimum absolute atomic E-state index is 0.238. The van der Waals surface area contributed by atoms with E-state index >= 15 is 0 Å². The maximum atomic E-state index is 11.6. The number of carbonyl (C=O) groups is 1. The van der Waals surface area contributed by atoms with Crippen LogP contribution in [-0.2, 0) is 16.1 Å². The zero-order valence-corrected chi connectivity index (χ0v) is 11.5. The molecule has 0 bridgehead atoms. The van der Waals surface area contributed by atoms with Crippen molar-refractivity contribution < 1.29 is 14.3 Å². The summed E-state index contributed by atoms with van der Waals surface area (Å²) in [5, 5.41) is 0. The first-order valence-electron chi connectivity index (χ1n) is 6.71. The Hall–Kier alpha value is -1.61. The van der Waals surface area contributed by atoms with Crippen molar-refractivity contribution in [1.29, 1.82) is 0 Å².